The number of hydrogen-bond acceptors (Lipinski definition) is 3. The van der Waals surface area contributed by atoms with Gasteiger partial charge in [-0.3, -0.25) is 9.48 Å². The van der Waals surface area contributed by atoms with E-state index < -0.39 is 5.54 Å². The van der Waals surface area contributed by atoms with E-state index in [1.165, 1.54) is 0 Å². The van der Waals surface area contributed by atoms with Gasteiger partial charge in [-0.15, -0.1) is 0 Å². The average Bonchev–Trinajstić information content (AvgIpc) is 2.84. The highest BCUT2D eigenvalue weighted by atomic mass is 16.1. The zero-order valence-corrected chi connectivity index (χ0v) is 9.52. The van der Waals surface area contributed by atoms with Gasteiger partial charge in [0.15, 0.2) is 0 Å². The lowest BCUT2D eigenvalue weighted by molar-refractivity contribution is -0.124. The topological polar surface area (TPSA) is 72.9 Å². The lowest BCUT2D eigenvalue weighted by Gasteiger charge is -2.26. The first-order valence-corrected chi connectivity index (χ1v) is 5.72. The molecule has 1 fully saturated rings. The van der Waals surface area contributed by atoms with Crippen molar-refractivity contribution in [1.29, 1.82) is 0 Å². The number of likely N-dealkylation sites (N-methyl/N-ethyl adjacent to an activating group) is 1. The van der Waals surface area contributed by atoms with Crippen molar-refractivity contribution < 1.29 is 4.79 Å². The summed E-state index contributed by atoms with van der Waals surface area (Å²) in [6, 6.07) is 2.18. The fourth-order valence-electron chi connectivity index (χ4n) is 2.55. The van der Waals surface area contributed by atoms with Gasteiger partial charge in [-0.1, -0.05) is 6.92 Å². The molecule has 5 heteroatoms. The van der Waals surface area contributed by atoms with E-state index in [1.807, 2.05) is 23.9 Å². The maximum absolute atomic E-state index is 11.6. The van der Waals surface area contributed by atoms with Crippen LogP contribution in [0.2, 0.25) is 0 Å². The summed E-state index contributed by atoms with van der Waals surface area (Å²) in [5.74, 6) is -0.246. The Morgan fingerprint density at radius 2 is 2.56 bits per heavy atom. The third kappa shape index (κ3) is 1.82. The summed E-state index contributed by atoms with van der Waals surface area (Å²) in [4.78, 5) is 11.6. The Balaban J connectivity index is 2.13. The van der Waals surface area contributed by atoms with Crippen LogP contribution >= 0.6 is 0 Å². The molecule has 16 heavy (non-hydrogen) atoms. The van der Waals surface area contributed by atoms with Gasteiger partial charge in [0.1, 0.15) is 0 Å². The van der Waals surface area contributed by atoms with E-state index in [0.717, 1.165) is 25.8 Å². The van der Waals surface area contributed by atoms with Crippen LogP contribution < -0.4 is 11.1 Å². The van der Waals surface area contributed by atoms with Gasteiger partial charge < -0.3 is 11.1 Å². The van der Waals surface area contributed by atoms with Crippen molar-refractivity contribution in [1.82, 2.24) is 15.1 Å². The van der Waals surface area contributed by atoms with E-state index >= 15 is 0 Å². The quantitative estimate of drug-likeness (QED) is 0.776. The van der Waals surface area contributed by atoms with E-state index in [0.29, 0.717) is 0 Å². The molecule has 0 aromatic carbocycles. The zero-order chi connectivity index (χ0) is 11.6. The number of carbonyl (C=O) groups is 1. The second-order valence-corrected chi connectivity index (χ2v) is 4.36. The third-order valence-corrected chi connectivity index (χ3v) is 3.37. The van der Waals surface area contributed by atoms with Crippen LogP contribution in [0.1, 0.15) is 32.2 Å². The lowest BCUT2D eigenvalue weighted by Crippen LogP contribution is -2.53. The molecule has 3 N–H and O–H groups in total. The molecule has 0 radical (unpaired) electrons. The normalized spacial score (nSPS) is 29.4. The predicted molar refractivity (Wildman–Crippen MR) is 60.7 cm³/mol. The Morgan fingerprint density at radius 3 is 3.12 bits per heavy atom. The minimum atomic E-state index is -0.536. The standard InChI is InChI=1S/C11H18N4O/c1-2-13-11(10(12)16)5-4-9(8-11)15-7-3-6-14-15/h3,6-7,9,13H,2,4-5,8H2,1H3,(H2,12,16). The van der Waals surface area contributed by atoms with Crippen LogP contribution in [0.25, 0.3) is 0 Å². The van der Waals surface area contributed by atoms with Gasteiger partial charge in [-0.25, -0.2) is 0 Å². The minimum absolute atomic E-state index is 0.246. The Labute approximate surface area is 95.0 Å². The van der Waals surface area contributed by atoms with Crippen molar-refractivity contribution in [3.8, 4) is 0 Å². The molecule has 1 aliphatic rings. The maximum Gasteiger partial charge on any atom is 0.237 e. The van der Waals surface area contributed by atoms with Crippen molar-refractivity contribution in [3.05, 3.63) is 18.5 Å². The number of carbonyl (C=O) groups excluding carboxylic acids is 1. The SMILES string of the molecule is CCNC1(C(N)=O)CCC(n2cccn2)C1. The molecule has 1 aromatic rings. The number of rotatable bonds is 4. The summed E-state index contributed by atoms with van der Waals surface area (Å²) in [6.07, 6.45) is 6.17. The van der Waals surface area contributed by atoms with E-state index in [9.17, 15) is 4.79 Å². The first-order chi connectivity index (χ1) is 7.68. The molecule has 1 saturated carbocycles. The number of nitrogens with two attached hydrogens (primary N) is 1. The molecular formula is C11H18N4O. The third-order valence-electron chi connectivity index (χ3n) is 3.37. The molecule has 88 valence electrons. The highest BCUT2D eigenvalue weighted by Gasteiger charge is 2.44. The average molecular weight is 222 g/mol. The first-order valence-electron chi connectivity index (χ1n) is 5.72. The summed E-state index contributed by atoms with van der Waals surface area (Å²) in [7, 11) is 0. The molecular weight excluding hydrogens is 204 g/mol. The molecule has 1 heterocycles. The highest BCUT2D eigenvalue weighted by molar-refractivity contribution is 5.85. The van der Waals surface area contributed by atoms with Crippen LogP contribution in [-0.2, 0) is 4.79 Å². The summed E-state index contributed by atoms with van der Waals surface area (Å²) < 4.78 is 1.92. The van der Waals surface area contributed by atoms with Gasteiger partial charge in [0.2, 0.25) is 5.91 Å². The number of aromatic nitrogens is 2. The van der Waals surface area contributed by atoms with Crippen LogP contribution in [0, 0.1) is 0 Å². The molecule has 0 saturated heterocycles. The monoisotopic (exact) mass is 222 g/mol. The van der Waals surface area contributed by atoms with E-state index in [-0.39, 0.29) is 11.9 Å². The van der Waals surface area contributed by atoms with Crippen molar-refractivity contribution in [2.75, 3.05) is 6.54 Å². The summed E-state index contributed by atoms with van der Waals surface area (Å²) in [5.41, 5.74) is 4.97. The van der Waals surface area contributed by atoms with Gasteiger partial charge in [0.25, 0.3) is 0 Å². The Bertz CT molecular complexity index is 362. The lowest BCUT2D eigenvalue weighted by atomic mass is 9.96. The molecule has 2 rings (SSSR count). The highest BCUT2D eigenvalue weighted by Crippen LogP contribution is 2.37. The van der Waals surface area contributed by atoms with Crippen LogP contribution in [0.15, 0.2) is 18.5 Å². The first kappa shape index (κ1) is 11.1. The fourth-order valence-corrected chi connectivity index (χ4v) is 2.55. The Hall–Kier alpha value is -1.36. The Morgan fingerprint density at radius 1 is 1.75 bits per heavy atom. The molecule has 0 aliphatic heterocycles. The Kier molecular flexibility index (Phi) is 2.96. The maximum atomic E-state index is 11.6. The number of hydrogen-bond donors (Lipinski definition) is 2. The predicted octanol–water partition coefficient (Wildman–Crippen LogP) is 0.442. The van der Waals surface area contributed by atoms with Gasteiger partial charge in [-0.2, -0.15) is 5.10 Å². The second kappa shape index (κ2) is 4.25. The molecule has 0 bridgehead atoms. The molecule has 1 aliphatic carbocycles. The molecule has 5 nitrogen and oxygen atoms in total. The molecule has 1 amide bonds. The van der Waals surface area contributed by atoms with Crippen molar-refractivity contribution in [2.45, 2.75) is 37.8 Å². The molecule has 2 unspecified atom stereocenters. The van der Waals surface area contributed by atoms with Gasteiger partial charge >= 0.3 is 0 Å². The molecule has 1 aromatic heterocycles. The largest absolute Gasteiger partial charge is 0.368 e. The van der Waals surface area contributed by atoms with Gasteiger partial charge in [-0.05, 0) is 31.9 Å². The summed E-state index contributed by atoms with van der Waals surface area (Å²) in [6.45, 7) is 2.75. The summed E-state index contributed by atoms with van der Waals surface area (Å²) in [5, 5.41) is 7.45. The van der Waals surface area contributed by atoms with Gasteiger partial charge in [0.05, 0.1) is 11.6 Å². The van der Waals surface area contributed by atoms with E-state index in [4.69, 9.17) is 5.73 Å². The van der Waals surface area contributed by atoms with Crippen LogP contribution in [-0.4, -0.2) is 27.8 Å². The van der Waals surface area contributed by atoms with Crippen LogP contribution in [0.4, 0.5) is 0 Å². The number of primary amides is 1. The fraction of sp³-hybridized carbons (Fsp3) is 0.636. The van der Waals surface area contributed by atoms with Crippen LogP contribution in [0.3, 0.4) is 0 Å². The van der Waals surface area contributed by atoms with E-state index in [2.05, 4.69) is 10.4 Å². The molecule has 2 atom stereocenters. The van der Waals surface area contributed by atoms with Crippen molar-refractivity contribution in [2.24, 2.45) is 5.73 Å². The minimum Gasteiger partial charge on any atom is -0.368 e. The zero-order valence-electron chi connectivity index (χ0n) is 9.52. The second-order valence-electron chi connectivity index (χ2n) is 4.36. The summed E-state index contributed by atoms with van der Waals surface area (Å²) >= 11 is 0. The van der Waals surface area contributed by atoms with E-state index in [1.54, 1.807) is 6.20 Å². The number of nitrogens with one attached hydrogen (secondary N) is 1. The molecule has 0 spiro atoms. The van der Waals surface area contributed by atoms with Crippen molar-refractivity contribution >= 4 is 5.91 Å². The van der Waals surface area contributed by atoms with Crippen molar-refractivity contribution in [3.63, 3.8) is 0 Å². The smallest absolute Gasteiger partial charge is 0.237 e. The number of amides is 1. The van der Waals surface area contributed by atoms with Crippen LogP contribution in [0.5, 0.6) is 0 Å². The van der Waals surface area contributed by atoms with Gasteiger partial charge in [0, 0.05) is 12.4 Å². The number of nitrogens with zero attached hydrogens (tertiary/aromatic N) is 2.